The summed E-state index contributed by atoms with van der Waals surface area (Å²) in [5.41, 5.74) is 4.91. The van der Waals surface area contributed by atoms with E-state index in [1.165, 1.54) is 0 Å². The summed E-state index contributed by atoms with van der Waals surface area (Å²) in [5, 5.41) is 4.47. The maximum absolute atomic E-state index is 5.86. The number of aromatic nitrogens is 4. The molecule has 1 aromatic carbocycles. The molecule has 148 valence electrons. The molecule has 0 saturated carbocycles. The van der Waals surface area contributed by atoms with Gasteiger partial charge in [-0.3, -0.25) is 9.98 Å². The molecule has 0 saturated heterocycles. The van der Waals surface area contributed by atoms with Gasteiger partial charge >= 0.3 is 0 Å². The van der Waals surface area contributed by atoms with Crippen LogP contribution in [0.5, 0.6) is 5.75 Å². The number of pyridine rings is 1. The molecule has 7 heteroatoms. The van der Waals surface area contributed by atoms with Crippen molar-refractivity contribution in [2.45, 2.75) is 0 Å². The average Bonchev–Trinajstić information content (AvgIpc) is 3.24. The topological polar surface area (TPSA) is 67.9 Å². The van der Waals surface area contributed by atoms with Crippen molar-refractivity contribution >= 4 is 11.9 Å². The molecule has 0 spiro atoms. The summed E-state index contributed by atoms with van der Waals surface area (Å²) in [6, 6.07) is 12.0. The molecule has 3 aromatic heterocycles. The van der Waals surface area contributed by atoms with Crippen molar-refractivity contribution in [3.63, 3.8) is 0 Å². The lowest BCUT2D eigenvalue weighted by Crippen LogP contribution is -2.25. The van der Waals surface area contributed by atoms with Crippen LogP contribution in [0.15, 0.2) is 84.7 Å². The first-order chi connectivity index (χ1) is 14.9. The number of allylic oxidation sites excluding steroid dienone is 1. The highest BCUT2D eigenvalue weighted by Crippen LogP contribution is 2.26. The average molecular weight is 396 g/mol. The minimum atomic E-state index is 0.609. The van der Waals surface area contributed by atoms with Crippen molar-refractivity contribution in [3.05, 3.63) is 79.7 Å². The molecule has 0 radical (unpaired) electrons. The third-order valence-corrected chi connectivity index (χ3v) is 4.93. The standard InChI is InChI=1S/C23H20N6O/c1-8-25-17-28(11-1)12-13-30-21-4-2-18(3-5-21)20-14-26-23-22(15-27-29(23)16-20)19-6-9-24-10-7-19/h1-11,14-16H,12-13,17H2. The third kappa shape index (κ3) is 3.77. The smallest absolute Gasteiger partial charge is 0.162 e. The van der Waals surface area contributed by atoms with Crippen LogP contribution in [0.25, 0.3) is 27.9 Å². The molecule has 4 heterocycles. The summed E-state index contributed by atoms with van der Waals surface area (Å²) in [7, 11) is 0. The van der Waals surface area contributed by atoms with Crippen molar-refractivity contribution in [2.75, 3.05) is 19.8 Å². The van der Waals surface area contributed by atoms with Gasteiger partial charge in [-0.05, 0) is 41.5 Å². The number of fused-ring (bicyclic) bond motifs is 1. The van der Waals surface area contributed by atoms with Gasteiger partial charge < -0.3 is 9.64 Å². The Kier molecular flexibility index (Phi) is 4.91. The zero-order valence-corrected chi connectivity index (χ0v) is 16.3. The van der Waals surface area contributed by atoms with E-state index in [0.29, 0.717) is 13.3 Å². The summed E-state index contributed by atoms with van der Waals surface area (Å²) in [6.45, 7) is 2.09. The largest absolute Gasteiger partial charge is 0.492 e. The first-order valence-corrected chi connectivity index (χ1v) is 9.74. The van der Waals surface area contributed by atoms with Gasteiger partial charge in [0.05, 0.1) is 12.7 Å². The first kappa shape index (κ1) is 18.1. The van der Waals surface area contributed by atoms with E-state index in [0.717, 1.165) is 40.2 Å². The van der Waals surface area contributed by atoms with E-state index in [1.807, 2.05) is 78.0 Å². The van der Waals surface area contributed by atoms with Crippen molar-refractivity contribution in [1.29, 1.82) is 0 Å². The molecule has 30 heavy (non-hydrogen) atoms. The monoisotopic (exact) mass is 396 g/mol. The first-order valence-electron chi connectivity index (χ1n) is 9.74. The predicted octanol–water partition coefficient (Wildman–Crippen LogP) is 3.69. The van der Waals surface area contributed by atoms with E-state index >= 15 is 0 Å². The van der Waals surface area contributed by atoms with Gasteiger partial charge in [0.2, 0.25) is 0 Å². The molecule has 0 amide bonds. The van der Waals surface area contributed by atoms with Gasteiger partial charge in [0, 0.05) is 48.3 Å². The fourth-order valence-corrected chi connectivity index (χ4v) is 3.35. The van der Waals surface area contributed by atoms with Crippen molar-refractivity contribution < 1.29 is 4.74 Å². The number of hydrogen-bond donors (Lipinski definition) is 0. The molecule has 1 aliphatic rings. The normalized spacial score (nSPS) is 13.1. The van der Waals surface area contributed by atoms with Crippen molar-refractivity contribution in [1.82, 2.24) is 24.5 Å². The van der Waals surface area contributed by atoms with E-state index in [-0.39, 0.29) is 0 Å². The van der Waals surface area contributed by atoms with Crippen molar-refractivity contribution in [2.24, 2.45) is 4.99 Å². The lowest BCUT2D eigenvalue weighted by Gasteiger charge is -2.19. The molecule has 0 bridgehead atoms. The second-order valence-corrected chi connectivity index (χ2v) is 6.90. The number of benzene rings is 1. The molecular formula is C23H20N6O. The Morgan fingerprint density at radius 1 is 0.933 bits per heavy atom. The summed E-state index contributed by atoms with van der Waals surface area (Å²) in [5.74, 6) is 0.844. The third-order valence-electron chi connectivity index (χ3n) is 4.93. The molecule has 4 aromatic rings. The molecule has 0 unspecified atom stereocenters. The molecule has 0 atom stereocenters. The molecule has 7 nitrogen and oxygen atoms in total. The second-order valence-electron chi connectivity index (χ2n) is 6.90. The van der Waals surface area contributed by atoms with E-state index in [9.17, 15) is 0 Å². The SMILES string of the molecule is C1=CN(CCOc2ccc(-c3cnc4c(-c5ccncc5)cnn4c3)cc2)CN=C1. The molecular weight excluding hydrogens is 376 g/mol. The van der Waals surface area contributed by atoms with E-state index in [2.05, 4.69) is 25.0 Å². The number of ether oxygens (including phenoxy) is 1. The Morgan fingerprint density at radius 2 is 1.80 bits per heavy atom. The number of aliphatic imine (C=N–C) groups is 1. The van der Waals surface area contributed by atoms with E-state index in [1.54, 1.807) is 12.4 Å². The Balaban J connectivity index is 1.28. The van der Waals surface area contributed by atoms with Crippen LogP contribution in [0.1, 0.15) is 0 Å². The highest BCUT2D eigenvalue weighted by atomic mass is 16.5. The van der Waals surface area contributed by atoms with Crippen LogP contribution in [0, 0.1) is 0 Å². The molecule has 1 aliphatic heterocycles. The molecule has 0 N–H and O–H groups in total. The summed E-state index contributed by atoms with van der Waals surface area (Å²) >= 11 is 0. The summed E-state index contributed by atoms with van der Waals surface area (Å²) in [6.07, 6.45) is 15.0. The summed E-state index contributed by atoms with van der Waals surface area (Å²) in [4.78, 5) is 15.0. The van der Waals surface area contributed by atoms with Gasteiger partial charge in [0.15, 0.2) is 5.65 Å². The number of hydrogen-bond acceptors (Lipinski definition) is 6. The minimum Gasteiger partial charge on any atom is -0.492 e. The Bertz CT molecular complexity index is 1200. The highest BCUT2D eigenvalue weighted by molar-refractivity contribution is 5.77. The quantitative estimate of drug-likeness (QED) is 0.497. The second kappa shape index (κ2) is 8.16. The molecule has 5 rings (SSSR count). The lowest BCUT2D eigenvalue weighted by molar-refractivity contribution is 0.256. The lowest BCUT2D eigenvalue weighted by atomic mass is 10.1. The number of nitrogens with zero attached hydrogens (tertiary/aromatic N) is 6. The van der Waals surface area contributed by atoms with Crippen LogP contribution in [-0.2, 0) is 0 Å². The zero-order chi connectivity index (χ0) is 20.2. The maximum Gasteiger partial charge on any atom is 0.162 e. The van der Waals surface area contributed by atoms with Crippen LogP contribution >= 0.6 is 0 Å². The predicted molar refractivity (Wildman–Crippen MR) is 116 cm³/mol. The van der Waals surface area contributed by atoms with Crippen molar-refractivity contribution in [3.8, 4) is 28.0 Å². The van der Waals surface area contributed by atoms with Crippen LogP contribution < -0.4 is 4.74 Å². The summed E-state index contributed by atoms with van der Waals surface area (Å²) < 4.78 is 7.67. The molecule has 0 aliphatic carbocycles. The minimum absolute atomic E-state index is 0.609. The van der Waals surface area contributed by atoms with Gasteiger partial charge in [-0.1, -0.05) is 12.1 Å². The maximum atomic E-state index is 5.86. The van der Waals surface area contributed by atoms with E-state index in [4.69, 9.17) is 4.74 Å². The van der Waals surface area contributed by atoms with Crippen LogP contribution in [0.4, 0.5) is 0 Å². The highest BCUT2D eigenvalue weighted by Gasteiger charge is 2.09. The van der Waals surface area contributed by atoms with Gasteiger partial charge in [0.1, 0.15) is 19.0 Å². The van der Waals surface area contributed by atoms with Gasteiger partial charge in [-0.15, -0.1) is 0 Å². The Labute approximate surface area is 174 Å². The zero-order valence-electron chi connectivity index (χ0n) is 16.3. The van der Waals surface area contributed by atoms with Crippen LogP contribution in [0.2, 0.25) is 0 Å². The fraction of sp³-hybridized carbons (Fsp3) is 0.130. The fourth-order valence-electron chi connectivity index (χ4n) is 3.35. The Hall–Kier alpha value is -4.00. The number of rotatable bonds is 6. The van der Waals surface area contributed by atoms with Gasteiger partial charge in [-0.2, -0.15) is 5.10 Å². The Morgan fingerprint density at radius 3 is 2.60 bits per heavy atom. The van der Waals surface area contributed by atoms with Gasteiger partial charge in [0.25, 0.3) is 0 Å². The van der Waals surface area contributed by atoms with E-state index < -0.39 is 0 Å². The molecule has 0 fully saturated rings. The van der Waals surface area contributed by atoms with Crippen LogP contribution in [-0.4, -0.2) is 50.5 Å². The van der Waals surface area contributed by atoms with Gasteiger partial charge in [-0.25, -0.2) is 9.50 Å². The van der Waals surface area contributed by atoms with Crippen LogP contribution in [0.3, 0.4) is 0 Å².